The van der Waals surface area contributed by atoms with Gasteiger partial charge in [-0.25, -0.2) is 9.97 Å². The fraction of sp³-hybridized carbons (Fsp3) is 0.0526. The smallest absolute Gasteiger partial charge is 0.160 e. The first kappa shape index (κ1) is 34.8. The first-order chi connectivity index (χ1) is 29.0. The Hall–Kier alpha value is -7.42. The molecule has 1 heterocycles. The van der Waals surface area contributed by atoms with E-state index in [9.17, 15) is 0 Å². The standard InChI is InChI=1S/C57H40N2/c1-57(2)52-35-44(28-29-49(52)51-33-42-18-9-10-19-43(42)34-53(51)57)46-30-31-50(48-23-12-11-22-47(46)48)55-36-54(58-56(59-55)40-16-7-4-8-17-40)45-21-13-20-41(32-45)39-26-24-38(25-27-39)37-14-5-3-6-15-37/h3-36H,1-2H3. The Bertz CT molecular complexity index is 3220. The second-order valence-electron chi connectivity index (χ2n) is 16.2. The van der Waals surface area contributed by atoms with Crippen molar-refractivity contribution in [1.82, 2.24) is 9.97 Å². The van der Waals surface area contributed by atoms with Crippen LogP contribution in [0.5, 0.6) is 0 Å². The highest BCUT2D eigenvalue weighted by Gasteiger charge is 2.36. The summed E-state index contributed by atoms with van der Waals surface area (Å²) in [6.07, 6.45) is 0. The molecule has 1 aliphatic rings. The summed E-state index contributed by atoms with van der Waals surface area (Å²) in [5.41, 5.74) is 17.4. The lowest BCUT2D eigenvalue weighted by Gasteiger charge is -2.22. The fourth-order valence-electron chi connectivity index (χ4n) is 9.16. The minimum absolute atomic E-state index is 0.116. The molecule has 0 amide bonds. The Morgan fingerprint density at radius 2 is 0.814 bits per heavy atom. The van der Waals surface area contributed by atoms with Gasteiger partial charge in [-0.2, -0.15) is 0 Å². The predicted molar refractivity (Wildman–Crippen MR) is 247 cm³/mol. The highest BCUT2D eigenvalue weighted by molar-refractivity contribution is 6.05. The largest absolute Gasteiger partial charge is 0.228 e. The van der Waals surface area contributed by atoms with Gasteiger partial charge in [0.25, 0.3) is 0 Å². The molecule has 1 aromatic heterocycles. The number of aromatic nitrogens is 2. The van der Waals surface area contributed by atoms with E-state index >= 15 is 0 Å². The molecule has 0 spiro atoms. The first-order valence-corrected chi connectivity index (χ1v) is 20.4. The zero-order chi connectivity index (χ0) is 39.5. The topological polar surface area (TPSA) is 25.8 Å². The molecule has 0 radical (unpaired) electrons. The van der Waals surface area contributed by atoms with Crippen LogP contribution in [-0.4, -0.2) is 9.97 Å². The van der Waals surface area contributed by atoms with Crippen molar-refractivity contribution in [2.75, 3.05) is 0 Å². The molecule has 59 heavy (non-hydrogen) atoms. The van der Waals surface area contributed by atoms with Crippen molar-refractivity contribution in [3.63, 3.8) is 0 Å². The highest BCUT2D eigenvalue weighted by atomic mass is 14.9. The molecular weight excluding hydrogens is 713 g/mol. The molecule has 2 heteroatoms. The highest BCUT2D eigenvalue weighted by Crippen LogP contribution is 2.51. The third kappa shape index (κ3) is 6.04. The lowest BCUT2D eigenvalue weighted by molar-refractivity contribution is 0.661. The maximum atomic E-state index is 5.27. The van der Waals surface area contributed by atoms with E-state index in [0.29, 0.717) is 5.82 Å². The maximum absolute atomic E-state index is 5.27. The van der Waals surface area contributed by atoms with Gasteiger partial charge in [0.1, 0.15) is 0 Å². The van der Waals surface area contributed by atoms with E-state index in [0.717, 1.165) is 44.6 Å². The maximum Gasteiger partial charge on any atom is 0.160 e. The van der Waals surface area contributed by atoms with Crippen molar-refractivity contribution < 1.29 is 0 Å². The molecular formula is C57H40N2. The summed E-state index contributed by atoms with van der Waals surface area (Å²) in [5.74, 6) is 0.706. The quantitative estimate of drug-likeness (QED) is 0.169. The number of rotatable bonds is 6. The Balaban J connectivity index is 1.01. The van der Waals surface area contributed by atoms with E-state index in [1.807, 2.05) is 18.2 Å². The van der Waals surface area contributed by atoms with E-state index in [2.05, 4.69) is 202 Å². The van der Waals surface area contributed by atoms with Crippen LogP contribution in [-0.2, 0) is 5.41 Å². The van der Waals surface area contributed by atoms with E-state index in [-0.39, 0.29) is 5.41 Å². The van der Waals surface area contributed by atoms with Gasteiger partial charge in [-0.1, -0.05) is 190 Å². The number of hydrogen-bond acceptors (Lipinski definition) is 2. The van der Waals surface area contributed by atoms with Crippen LogP contribution in [0.4, 0.5) is 0 Å². The first-order valence-electron chi connectivity index (χ1n) is 20.4. The Kier molecular flexibility index (Phi) is 8.20. The van der Waals surface area contributed by atoms with E-state index < -0.39 is 0 Å². The molecule has 0 bridgehead atoms. The van der Waals surface area contributed by atoms with Gasteiger partial charge in [-0.3, -0.25) is 0 Å². The summed E-state index contributed by atoms with van der Waals surface area (Å²) < 4.78 is 0. The number of nitrogens with zero attached hydrogens (tertiary/aromatic N) is 2. The zero-order valence-corrected chi connectivity index (χ0v) is 33.0. The summed E-state index contributed by atoms with van der Waals surface area (Å²) in [6.45, 7) is 4.73. The minimum atomic E-state index is -0.116. The average molecular weight is 753 g/mol. The summed E-state index contributed by atoms with van der Waals surface area (Å²) in [6, 6.07) is 74.4. The summed E-state index contributed by atoms with van der Waals surface area (Å²) in [4.78, 5) is 10.5. The van der Waals surface area contributed by atoms with E-state index in [4.69, 9.17) is 9.97 Å². The van der Waals surface area contributed by atoms with Crippen LogP contribution in [0.1, 0.15) is 25.0 Å². The van der Waals surface area contributed by atoms with Crippen LogP contribution in [0.25, 0.3) is 100.0 Å². The van der Waals surface area contributed by atoms with Crippen molar-refractivity contribution in [3.05, 3.63) is 217 Å². The van der Waals surface area contributed by atoms with Crippen LogP contribution < -0.4 is 0 Å². The normalized spacial score (nSPS) is 12.7. The molecule has 278 valence electrons. The Morgan fingerprint density at radius 1 is 0.305 bits per heavy atom. The Labute approximate surface area is 345 Å². The molecule has 2 nitrogen and oxygen atoms in total. The van der Waals surface area contributed by atoms with Crippen LogP contribution in [0, 0.1) is 0 Å². The van der Waals surface area contributed by atoms with E-state index in [1.54, 1.807) is 0 Å². The molecule has 0 saturated heterocycles. The minimum Gasteiger partial charge on any atom is -0.228 e. The summed E-state index contributed by atoms with van der Waals surface area (Å²) in [7, 11) is 0. The second-order valence-corrected chi connectivity index (χ2v) is 16.2. The average Bonchev–Trinajstić information content (AvgIpc) is 3.52. The lowest BCUT2D eigenvalue weighted by Crippen LogP contribution is -2.15. The van der Waals surface area contributed by atoms with Gasteiger partial charge in [0.15, 0.2) is 5.82 Å². The van der Waals surface area contributed by atoms with Crippen LogP contribution in [0.3, 0.4) is 0 Å². The third-order valence-electron chi connectivity index (χ3n) is 12.3. The van der Waals surface area contributed by atoms with Crippen LogP contribution in [0.2, 0.25) is 0 Å². The van der Waals surface area contributed by atoms with E-state index in [1.165, 1.54) is 60.7 Å². The van der Waals surface area contributed by atoms with Crippen molar-refractivity contribution in [1.29, 1.82) is 0 Å². The summed E-state index contributed by atoms with van der Waals surface area (Å²) >= 11 is 0. The molecule has 10 aromatic rings. The van der Waals surface area contributed by atoms with Gasteiger partial charge in [0.05, 0.1) is 11.4 Å². The van der Waals surface area contributed by atoms with Gasteiger partial charge in [-0.15, -0.1) is 0 Å². The van der Waals surface area contributed by atoms with Crippen LogP contribution in [0.15, 0.2) is 206 Å². The number of benzene rings is 9. The summed E-state index contributed by atoms with van der Waals surface area (Å²) in [5, 5.41) is 4.94. The molecule has 0 N–H and O–H groups in total. The monoisotopic (exact) mass is 752 g/mol. The van der Waals surface area contributed by atoms with Crippen molar-refractivity contribution >= 4 is 21.5 Å². The fourth-order valence-corrected chi connectivity index (χ4v) is 9.16. The van der Waals surface area contributed by atoms with Crippen molar-refractivity contribution in [2.45, 2.75) is 19.3 Å². The number of fused-ring (bicyclic) bond motifs is 5. The van der Waals surface area contributed by atoms with Gasteiger partial charge in [0.2, 0.25) is 0 Å². The molecule has 11 rings (SSSR count). The lowest BCUT2D eigenvalue weighted by atomic mass is 9.81. The van der Waals surface area contributed by atoms with Gasteiger partial charge in [-0.05, 0) is 108 Å². The molecule has 0 aliphatic heterocycles. The zero-order valence-electron chi connectivity index (χ0n) is 33.0. The number of hydrogen-bond donors (Lipinski definition) is 0. The second kappa shape index (κ2) is 13.9. The van der Waals surface area contributed by atoms with Gasteiger partial charge >= 0.3 is 0 Å². The van der Waals surface area contributed by atoms with Crippen molar-refractivity contribution in [2.24, 2.45) is 0 Å². The molecule has 9 aromatic carbocycles. The third-order valence-corrected chi connectivity index (χ3v) is 12.3. The van der Waals surface area contributed by atoms with Crippen LogP contribution >= 0.6 is 0 Å². The SMILES string of the molecule is CC1(C)c2cc(-c3ccc(-c4cc(-c5cccc(-c6ccc(-c7ccccc7)cc6)c5)nc(-c5ccccc5)n4)c4ccccc34)ccc2-c2cc3ccccc3cc21. The van der Waals surface area contributed by atoms with Gasteiger partial charge < -0.3 is 0 Å². The Morgan fingerprint density at radius 3 is 1.56 bits per heavy atom. The molecule has 1 aliphatic carbocycles. The molecule has 0 saturated carbocycles. The van der Waals surface area contributed by atoms with Crippen molar-refractivity contribution in [3.8, 4) is 78.4 Å². The molecule has 0 fully saturated rings. The molecule has 0 atom stereocenters. The molecule has 0 unspecified atom stereocenters. The van der Waals surface area contributed by atoms with Gasteiger partial charge in [0, 0.05) is 22.1 Å². The predicted octanol–water partition coefficient (Wildman–Crippen LogP) is 15.1.